The minimum atomic E-state index is -0.537. The third-order valence-electron chi connectivity index (χ3n) is 2.17. The number of hydrogen-bond donors (Lipinski definition) is 1. The van der Waals surface area contributed by atoms with Gasteiger partial charge in [-0.15, -0.1) is 0 Å². The zero-order valence-electron chi connectivity index (χ0n) is 9.31. The summed E-state index contributed by atoms with van der Waals surface area (Å²) in [6, 6.07) is 6.83. The highest BCUT2D eigenvalue weighted by molar-refractivity contribution is 8.18. The van der Waals surface area contributed by atoms with Gasteiger partial charge in [-0.3, -0.25) is 14.9 Å². The van der Waals surface area contributed by atoms with E-state index in [1.54, 1.807) is 30.3 Å². The second-order valence-corrected chi connectivity index (χ2v) is 4.47. The van der Waals surface area contributed by atoms with E-state index in [9.17, 15) is 14.0 Å². The molecule has 0 aliphatic carbocycles. The predicted octanol–water partition coefficient (Wildman–Crippen LogP) is 2.36. The first-order valence-corrected chi connectivity index (χ1v) is 6.04. The molecule has 2 amide bonds. The molecule has 1 saturated heterocycles. The second-order valence-electron chi connectivity index (χ2n) is 3.46. The fourth-order valence-corrected chi connectivity index (χ4v) is 2.07. The number of ether oxygens (including phenoxy) is 1. The van der Waals surface area contributed by atoms with Crippen LogP contribution in [0.2, 0.25) is 0 Å². The molecule has 1 aliphatic heterocycles. The minimum absolute atomic E-state index is 0.0210. The van der Waals surface area contributed by atoms with Crippen molar-refractivity contribution in [1.82, 2.24) is 5.32 Å². The molecular formula is C12H10FNO3S. The molecule has 0 spiro atoms. The smallest absolute Gasteiger partial charge is 0.290 e. The van der Waals surface area contributed by atoms with Gasteiger partial charge < -0.3 is 4.74 Å². The van der Waals surface area contributed by atoms with Gasteiger partial charge >= 0.3 is 0 Å². The number of rotatable bonds is 4. The number of carbonyl (C=O) groups excluding carboxylic acids is 2. The molecule has 4 nitrogen and oxygen atoms in total. The Labute approximate surface area is 107 Å². The number of hydrogen-bond acceptors (Lipinski definition) is 4. The van der Waals surface area contributed by atoms with E-state index in [1.165, 1.54) is 0 Å². The predicted molar refractivity (Wildman–Crippen MR) is 67.0 cm³/mol. The molecule has 0 bridgehead atoms. The maximum absolute atomic E-state index is 11.9. The Morgan fingerprint density at radius 2 is 2.00 bits per heavy atom. The highest BCUT2D eigenvalue weighted by atomic mass is 32.2. The monoisotopic (exact) mass is 267 g/mol. The van der Waals surface area contributed by atoms with Crippen LogP contribution in [-0.2, 0) is 4.79 Å². The summed E-state index contributed by atoms with van der Waals surface area (Å²) in [4.78, 5) is 22.6. The van der Waals surface area contributed by atoms with Crippen LogP contribution >= 0.6 is 11.8 Å². The molecule has 0 aromatic heterocycles. The number of carbonyl (C=O) groups is 2. The molecule has 2 rings (SSSR count). The molecule has 94 valence electrons. The number of benzene rings is 1. The lowest BCUT2D eigenvalue weighted by molar-refractivity contribution is -0.115. The number of nitrogens with one attached hydrogen (secondary N) is 1. The van der Waals surface area contributed by atoms with Crippen LogP contribution in [0.5, 0.6) is 5.75 Å². The molecule has 6 heteroatoms. The summed E-state index contributed by atoms with van der Waals surface area (Å²) in [7, 11) is 0. The Bertz CT molecular complexity index is 499. The maximum atomic E-state index is 11.9. The van der Waals surface area contributed by atoms with E-state index in [0.29, 0.717) is 10.7 Å². The van der Waals surface area contributed by atoms with Gasteiger partial charge in [0.25, 0.3) is 11.1 Å². The molecule has 0 atom stereocenters. The van der Waals surface area contributed by atoms with Crippen molar-refractivity contribution in [2.24, 2.45) is 0 Å². The standard InChI is InChI=1S/C12H10FNO3S/c13-5-6-17-9-3-1-8(2-4-9)7-10-11(15)14-12(16)18-10/h1-4,7H,5-6H2,(H,14,15,16)/b10-7-. The Balaban J connectivity index is 2.08. The van der Waals surface area contributed by atoms with Gasteiger partial charge in [0, 0.05) is 0 Å². The van der Waals surface area contributed by atoms with Gasteiger partial charge in [-0.2, -0.15) is 0 Å². The molecule has 1 aromatic carbocycles. The highest BCUT2D eigenvalue weighted by Crippen LogP contribution is 2.26. The van der Waals surface area contributed by atoms with Gasteiger partial charge in [0.1, 0.15) is 19.0 Å². The summed E-state index contributed by atoms with van der Waals surface area (Å²) in [5.41, 5.74) is 0.773. The molecule has 1 N–H and O–H groups in total. The Hall–Kier alpha value is -1.82. The average molecular weight is 267 g/mol. The summed E-state index contributed by atoms with van der Waals surface area (Å²) in [6.07, 6.45) is 1.61. The number of imide groups is 1. The van der Waals surface area contributed by atoms with Gasteiger partial charge in [0.15, 0.2) is 0 Å². The second kappa shape index (κ2) is 5.68. The van der Waals surface area contributed by atoms with Crippen molar-refractivity contribution in [1.29, 1.82) is 0 Å². The molecule has 18 heavy (non-hydrogen) atoms. The molecule has 1 aliphatic rings. The van der Waals surface area contributed by atoms with Crippen molar-refractivity contribution in [3.8, 4) is 5.75 Å². The van der Waals surface area contributed by atoms with E-state index in [1.807, 2.05) is 0 Å². The Kier molecular flexibility index (Phi) is 3.99. The van der Waals surface area contributed by atoms with E-state index in [4.69, 9.17) is 4.74 Å². The number of amides is 2. The SMILES string of the molecule is O=C1NC(=O)/C(=C/c2ccc(OCCF)cc2)S1. The molecule has 1 fully saturated rings. The molecule has 1 aromatic rings. The van der Waals surface area contributed by atoms with Crippen molar-refractivity contribution in [2.45, 2.75) is 0 Å². The first-order chi connectivity index (χ1) is 8.69. The third kappa shape index (κ3) is 3.10. The highest BCUT2D eigenvalue weighted by Gasteiger charge is 2.24. The summed E-state index contributed by atoms with van der Waals surface area (Å²) in [6.45, 7) is -0.516. The van der Waals surface area contributed by atoms with Crippen molar-refractivity contribution in [3.63, 3.8) is 0 Å². The summed E-state index contributed by atoms with van der Waals surface area (Å²) in [5.74, 6) is 0.178. The van der Waals surface area contributed by atoms with E-state index >= 15 is 0 Å². The van der Waals surface area contributed by atoms with Crippen LogP contribution in [0.3, 0.4) is 0 Å². The topological polar surface area (TPSA) is 55.4 Å². The van der Waals surface area contributed by atoms with Crippen LogP contribution < -0.4 is 10.1 Å². The Morgan fingerprint density at radius 3 is 2.56 bits per heavy atom. The first-order valence-electron chi connectivity index (χ1n) is 5.23. The summed E-state index contributed by atoms with van der Waals surface area (Å²) in [5, 5.41) is 1.81. The fraction of sp³-hybridized carbons (Fsp3) is 0.167. The van der Waals surface area contributed by atoms with Crippen molar-refractivity contribution < 1.29 is 18.7 Å². The van der Waals surface area contributed by atoms with Crippen LogP contribution in [0, 0.1) is 0 Å². The molecule has 0 unspecified atom stereocenters. The van der Waals surface area contributed by atoms with E-state index in [2.05, 4.69) is 5.32 Å². The quantitative estimate of drug-likeness (QED) is 0.851. The van der Waals surface area contributed by atoms with Crippen molar-refractivity contribution in [3.05, 3.63) is 34.7 Å². The van der Waals surface area contributed by atoms with Crippen LogP contribution in [0.4, 0.5) is 9.18 Å². The van der Waals surface area contributed by atoms with Crippen LogP contribution in [-0.4, -0.2) is 24.4 Å². The zero-order chi connectivity index (χ0) is 13.0. The first kappa shape index (κ1) is 12.6. The molecule has 0 radical (unpaired) electrons. The van der Waals surface area contributed by atoms with Gasteiger partial charge in [0.05, 0.1) is 4.91 Å². The summed E-state index contributed by atoms with van der Waals surface area (Å²) >= 11 is 0.867. The van der Waals surface area contributed by atoms with Gasteiger partial charge in [-0.05, 0) is 35.5 Å². The molecular weight excluding hydrogens is 257 g/mol. The normalized spacial score (nSPS) is 17.1. The number of halogens is 1. The summed E-state index contributed by atoms with van der Waals surface area (Å²) < 4.78 is 17.0. The number of thioether (sulfide) groups is 1. The van der Waals surface area contributed by atoms with Crippen LogP contribution in [0.1, 0.15) is 5.56 Å². The minimum Gasteiger partial charge on any atom is -0.491 e. The average Bonchev–Trinajstić information content (AvgIpc) is 2.67. The van der Waals surface area contributed by atoms with Crippen molar-refractivity contribution in [2.75, 3.05) is 13.3 Å². The molecule has 0 saturated carbocycles. The Morgan fingerprint density at radius 1 is 1.28 bits per heavy atom. The lowest BCUT2D eigenvalue weighted by atomic mass is 10.2. The van der Waals surface area contributed by atoms with Crippen LogP contribution in [0.25, 0.3) is 6.08 Å². The maximum Gasteiger partial charge on any atom is 0.290 e. The van der Waals surface area contributed by atoms with Crippen LogP contribution in [0.15, 0.2) is 29.2 Å². The van der Waals surface area contributed by atoms with Gasteiger partial charge in [-0.25, -0.2) is 4.39 Å². The lowest BCUT2D eigenvalue weighted by Gasteiger charge is -2.03. The van der Waals surface area contributed by atoms with Gasteiger partial charge in [-0.1, -0.05) is 12.1 Å². The molecule has 1 heterocycles. The largest absolute Gasteiger partial charge is 0.491 e. The fourth-order valence-electron chi connectivity index (χ4n) is 1.39. The van der Waals surface area contributed by atoms with E-state index in [0.717, 1.165) is 17.3 Å². The number of alkyl halides is 1. The van der Waals surface area contributed by atoms with E-state index < -0.39 is 6.67 Å². The van der Waals surface area contributed by atoms with E-state index in [-0.39, 0.29) is 17.8 Å². The van der Waals surface area contributed by atoms with Gasteiger partial charge in [0.2, 0.25) is 0 Å². The van der Waals surface area contributed by atoms with Crippen molar-refractivity contribution >= 4 is 29.0 Å². The zero-order valence-corrected chi connectivity index (χ0v) is 10.1. The lowest BCUT2D eigenvalue weighted by Crippen LogP contribution is -2.17. The third-order valence-corrected chi connectivity index (χ3v) is 2.98.